The van der Waals surface area contributed by atoms with Gasteiger partial charge in [0.1, 0.15) is 11.8 Å². The van der Waals surface area contributed by atoms with Gasteiger partial charge in [0.25, 0.3) is 5.91 Å². The van der Waals surface area contributed by atoms with E-state index in [2.05, 4.69) is 5.32 Å². The Balaban J connectivity index is 1.55. The van der Waals surface area contributed by atoms with E-state index < -0.39 is 6.04 Å². The Bertz CT molecular complexity index is 1190. The number of amides is 2. The van der Waals surface area contributed by atoms with Crippen LogP contribution in [0.4, 0.5) is 0 Å². The molecule has 1 aliphatic rings. The summed E-state index contributed by atoms with van der Waals surface area (Å²) in [5.74, 6) is 0.241. The molecule has 4 rings (SSSR count). The molecule has 2 amide bonds. The Morgan fingerprint density at radius 3 is 2.51 bits per heavy atom. The van der Waals surface area contributed by atoms with Crippen molar-refractivity contribution in [1.29, 1.82) is 0 Å². The van der Waals surface area contributed by atoms with E-state index in [9.17, 15) is 9.59 Å². The summed E-state index contributed by atoms with van der Waals surface area (Å²) in [5, 5.41) is 5.97. The Kier molecular flexibility index (Phi) is 8.53. The molecule has 0 spiro atoms. The largest absolute Gasteiger partial charge is 0.483 e. The highest BCUT2D eigenvalue weighted by Crippen LogP contribution is 2.27. The van der Waals surface area contributed by atoms with Gasteiger partial charge < -0.3 is 15.0 Å². The number of carbonyl (C=O) groups is 2. The van der Waals surface area contributed by atoms with Gasteiger partial charge in [0, 0.05) is 18.0 Å². The molecular weight excluding hydrogens is 483 g/mol. The first-order chi connectivity index (χ1) is 17.0. The van der Waals surface area contributed by atoms with Gasteiger partial charge in [-0.25, -0.2) is 0 Å². The summed E-state index contributed by atoms with van der Waals surface area (Å²) in [5.41, 5.74) is 0.796. The number of fused-ring (bicyclic) bond motifs is 1. The molecule has 1 saturated carbocycles. The molecule has 0 saturated heterocycles. The van der Waals surface area contributed by atoms with Crippen LogP contribution in [0.25, 0.3) is 10.8 Å². The van der Waals surface area contributed by atoms with Crippen LogP contribution < -0.4 is 10.1 Å². The molecule has 3 aromatic rings. The highest BCUT2D eigenvalue weighted by atomic mass is 35.5. The number of rotatable bonds is 9. The van der Waals surface area contributed by atoms with Crippen LogP contribution in [0.15, 0.2) is 60.7 Å². The minimum atomic E-state index is -0.617. The Morgan fingerprint density at radius 2 is 1.77 bits per heavy atom. The number of ether oxygens (including phenoxy) is 1. The van der Waals surface area contributed by atoms with Crippen molar-refractivity contribution in [3.05, 3.63) is 76.3 Å². The number of benzene rings is 3. The average molecular weight is 513 g/mol. The van der Waals surface area contributed by atoms with E-state index >= 15 is 0 Å². The summed E-state index contributed by atoms with van der Waals surface area (Å²) in [6, 6.07) is 18.4. The molecule has 0 radical (unpaired) electrons. The zero-order valence-corrected chi connectivity index (χ0v) is 21.3. The molecule has 0 aliphatic heterocycles. The summed E-state index contributed by atoms with van der Waals surface area (Å²) in [4.78, 5) is 28.3. The van der Waals surface area contributed by atoms with Crippen LogP contribution in [-0.2, 0) is 16.1 Å². The maximum Gasteiger partial charge on any atom is 0.261 e. The lowest BCUT2D eigenvalue weighted by atomic mass is 10.1. The Hall–Kier alpha value is -2.76. The SMILES string of the molecule is CC[C@H](C(=O)NC1CCCC1)N(Cc1ccc(Cl)c(Cl)c1)C(=O)COc1cccc2ccccc12. The number of carbonyl (C=O) groups excluding carboxylic acids is 2. The van der Waals surface area contributed by atoms with Crippen molar-refractivity contribution >= 4 is 45.8 Å². The van der Waals surface area contributed by atoms with Crippen LogP contribution in [0.5, 0.6) is 5.75 Å². The molecule has 0 unspecified atom stereocenters. The molecule has 1 N–H and O–H groups in total. The van der Waals surface area contributed by atoms with E-state index in [0.29, 0.717) is 22.2 Å². The molecule has 1 aliphatic carbocycles. The van der Waals surface area contributed by atoms with E-state index in [4.69, 9.17) is 27.9 Å². The fraction of sp³-hybridized carbons (Fsp3) is 0.357. The molecule has 184 valence electrons. The fourth-order valence-electron chi connectivity index (χ4n) is 4.67. The van der Waals surface area contributed by atoms with Crippen LogP contribution in [-0.4, -0.2) is 35.4 Å². The number of halogens is 2. The molecule has 7 heteroatoms. The first-order valence-corrected chi connectivity index (χ1v) is 12.9. The van der Waals surface area contributed by atoms with Gasteiger partial charge in [-0.05, 0) is 48.4 Å². The van der Waals surface area contributed by atoms with Crippen molar-refractivity contribution in [1.82, 2.24) is 10.2 Å². The highest BCUT2D eigenvalue weighted by Gasteiger charge is 2.31. The van der Waals surface area contributed by atoms with Crippen molar-refractivity contribution in [2.45, 2.75) is 57.7 Å². The van der Waals surface area contributed by atoms with Crippen molar-refractivity contribution in [3.63, 3.8) is 0 Å². The number of hydrogen-bond acceptors (Lipinski definition) is 3. The number of hydrogen-bond donors (Lipinski definition) is 1. The van der Waals surface area contributed by atoms with E-state index in [1.165, 1.54) is 0 Å². The fourth-order valence-corrected chi connectivity index (χ4v) is 4.99. The summed E-state index contributed by atoms with van der Waals surface area (Å²) >= 11 is 12.3. The molecule has 0 heterocycles. The number of nitrogens with one attached hydrogen (secondary N) is 1. The van der Waals surface area contributed by atoms with Gasteiger partial charge in [-0.15, -0.1) is 0 Å². The summed E-state index contributed by atoms with van der Waals surface area (Å²) in [6.07, 6.45) is 4.68. The quantitative estimate of drug-likeness (QED) is 0.361. The first kappa shape index (κ1) is 25.3. The maximum atomic E-state index is 13.5. The van der Waals surface area contributed by atoms with Gasteiger partial charge in [0.15, 0.2) is 6.61 Å². The van der Waals surface area contributed by atoms with Crippen LogP contribution in [0.1, 0.15) is 44.6 Å². The number of nitrogens with zero attached hydrogens (tertiary/aromatic N) is 1. The summed E-state index contributed by atoms with van der Waals surface area (Å²) < 4.78 is 5.98. The lowest BCUT2D eigenvalue weighted by molar-refractivity contribution is -0.143. The molecule has 1 fully saturated rings. The molecule has 0 bridgehead atoms. The van der Waals surface area contributed by atoms with Gasteiger partial charge in [-0.1, -0.05) is 85.4 Å². The second-order valence-corrected chi connectivity index (χ2v) is 9.76. The lowest BCUT2D eigenvalue weighted by Crippen LogP contribution is -2.52. The zero-order chi connectivity index (χ0) is 24.8. The van der Waals surface area contributed by atoms with Crippen molar-refractivity contribution in [2.24, 2.45) is 0 Å². The minimum absolute atomic E-state index is 0.127. The maximum absolute atomic E-state index is 13.5. The van der Waals surface area contributed by atoms with Gasteiger partial charge >= 0.3 is 0 Å². The van der Waals surface area contributed by atoms with Crippen LogP contribution >= 0.6 is 23.2 Å². The van der Waals surface area contributed by atoms with Crippen molar-refractivity contribution < 1.29 is 14.3 Å². The monoisotopic (exact) mass is 512 g/mol. The summed E-state index contributed by atoms with van der Waals surface area (Å²) in [6.45, 7) is 1.97. The molecule has 5 nitrogen and oxygen atoms in total. The van der Waals surface area contributed by atoms with Crippen LogP contribution in [0.2, 0.25) is 10.0 Å². The topological polar surface area (TPSA) is 58.6 Å². The van der Waals surface area contributed by atoms with E-state index in [1.807, 2.05) is 55.5 Å². The second kappa shape index (κ2) is 11.8. The zero-order valence-electron chi connectivity index (χ0n) is 19.8. The lowest BCUT2D eigenvalue weighted by Gasteiger charge is -2.31. The van der Waals surface area contributed by atoms with Crippen molar-refractivity contribution in [2.75, 3.05) is 6.61 Å². The molecular formula is C28H30Cl2N2O3. The van der Waals surface area contributed by atoms with E-state index in [1.54, 1.807) is 17.0 Å². The third-order valence-corrected chi connectivity index (χ3v) is 7.26. The average Bonchev–Trinajstić information content (AvgIpc) is 3.37. The highest BCUT2D eigenvalue weighted by molar-refractivity contribution is 6.42. The van der Waals surface area contributed by atoms with Gasteiger partial charge in [0.05, 0.1) is 10.0 Å². The summed E-state index contributed by atoms with van der Waals surface area (Å²) in [7, 11) is 0. The molecule has 0 aromatic heterocycles. The van der Waals surface area contributed by atoms with Gasteiger partial charge in [-0.2, -0.15) is 0 Å². The third kappa shape index (κ3) is 6.28. The normalized spacial score (nSPS) is 14.6. The predicted octanol–water partition coefficient (Wildman–Crippen LogP) is 6.39. The minimum Gasteiger partial charge on any atom is -0.483 e. The van der Waals surface area contributed by atoms with Crippen LogP contribution in [0.3, 0.4) is 0 Å². The third-order valence-electron chi connectivity index (χ3n) is 6.53. The van der Waals surface area contributed by atoms with Crippen molar-refractivity contribution in [3.8, 4) is 5.75 Å². The first-order valence-electron chi connectivity index (χ1n) is 12.1. The molecule has 3 aromatic carbocycles. The Labute approximate surface area is 216 Å². The molecule has 1 atom stereocenters. The van der Waals surface area contributed by atoms with E-state index in [-0.39, 0.29) is 31.0 Å². The second-order valence-electron chi connectivity index (χ2n) is 8.95. The smallest absolute Gasteiger partial charge is 0.261 e. The van der Waals surface area contributed by atoms with E-state index in [0.717, 1.165) is 42.0 Å². The van der Waals surface area contributed by atoms with Gasteiger partial charge in [0.2, 0.25) is 5.91 Å². The molecule has 35 heavy (non-hydrogen) atoms. The predicted molar refractivity (Wildman–Crippen MR) is 141 cm³/mol. The Morgan fingerprint density at radius 1 is 1.03 bits per heavy atom. The van der Waals surface area contributed by atoms with Crippen LogP contribution in [0, 0.1) is 0 Å². The standard InChI is InChI=1S/C28H30Cl2N2O3/c1-2-25(28(34)31-21-10-4-5-11-21)32(17-19-14-15-23(29)24(30)16-19)27(33)18-35-26-13-7-9-20-8-3-6-12-22(20)26/h3,6-9,12-16,21,25H,2,4-5,10-11,17-18H2,1H3,(H,31,34)/t25-/m1/s1. The van der Waals surface area contributed by atoms with Gasteiger partial charge in [-0.3, -0.25) is 9.59 Å².